The quantitative estimate of drug-likeness (QED) is 0.732. The van der Waals surface area contributed by atoms with Crippen molar-refractivity contribution < 1.29 is 18.8 Å². The maximum absolute atomic E-state index is 5.88. The van der Waals surface area contributed by atoms with Gasteiger partial charge < -0.3 is 18.8 Å². The van der Waals surface area contributed by atoms with Gasteiger partial charge in [-0.1, -0.05) is 25.7 Å². The lowest BCUT2D eigenvalue weighted by Gasteiger charge is -2.43. The molecule has 3 fully saturated rings. The molecule has 0 aromatic heterocycles. The average Bonchev–Trinajstić information content (AvgIpc) is 3.18. The second kappa shape index (κ2) is 5.36. The molecule has 2 saturated carbocycles. The van der Waals surface area contributed by atoms with Crippen LogP contribution in [-0.2, 0) is 18.8 Å². The molecule has 0 bridgehead atoms. The normalized spacial score (nSPS) is 36.5. The van der Waals surface area contributed by atoms with E-state index in [0.29, 0.717) is 0 Å². The molecule has 0 amide bonds. The van der Waals surface area contributed by atoms with E-state index in [-0.39, 0.29) is 23.4 Å². The van der Waals surface area contributed by atoms with Gasteiger partial charge in [-0.25, -0.2) is 0 Å². The van der Waals surface area contributed by atoms with E-state index in [1.54, 1.807) is 14.2 Å². The Kier molecular flexibility index (Phi) is 3.91. The highest BCUT2D eigenvalue weighted by Crippen LogP contribution is 2.47. The summed E-state index contributed by atoms with van der Waals surface area (Å²) in [6.45, 7) is 0. The maximum atomic E-state index is 5.88. The van der Waals surface area contributed by atoms with Gasteiger partial charge in [0.05, 0.1) is 23.4 Å². The van der Waals surface area contributed by atoms with Crippen LogP contribution in [0.25, 0.3) is 0 Å². The lowest BCUT2D eigenvalue weighted by atomic mass is 9.81. The van der Waals surface area contributed by atoms with Crippen LogP contribution in [-0.4, -0.2) is 45.3 Å². The van der Waals surface area contributed by atoms with Crippen LogP contribution in [0.3, 0.4) is 0 Å². The summed E-state index contributed by atoms with van der Waals surface area (Å²) in [6, 6.07) is 0. The van der Waals surface area contributed by atoms with E-state index in [1.807, 2.05) is 0 Å². The van der Waals surface area contributed by atoms with Crippen molar-refractivity contribution in [3.8, 4) is 0 Å². The fourth-order valence-corrected chi connectivity index (χ4v) is 4.25. The molecule has 2 atom stereocenters. The van der Waals surface area contributed by atoms with Gasteiger partial charge >= 0.3 is 7.69 Å². The molecule has 4 nitrogen and oxygen atoms in total. The SMILES string of the molecule is COC1([C@H]2O[B]O[C@@H]2C2(OC)CCCC2)CCCC1. The van der Waals surface area contributed by atoms with Crippen molar-refractivity contribution in [2.24, 2.45) is 0 Å². The second-order valence-corrected chi connectivity index (χ2v) is 6.16. The third-order valence-corrected chi connectivity index (χ3v) is 5.43. The first-order valence-corrected chi connectivity index (χ1v) is 7.49. The molecule has 1 saturated heterocycles. The van der Waals surface area contributed by atoms with E-state index in [9.17, 15) is 0 Å². The molecule has 0 unspecified atom stereocenters. The molecule has 0 N–H and O–H groups in total. The fourth-order valence-electron chi connectivity index (χ4n) is 4.25. The van der Waals surface area contributed by atoms with Crippen LogP contribution in [0.4, 0.5) is 0 Å². The molecule has 1 heterocycles. The molecule has 1 aliphatic heterocycles. The van der Waals surface area contributed by atoms with Gasteiger partial charge in [-0.05, 0) is 25.7 Å². The topological polar surface area (TPSA) is 36.9 Å². The Morgan fingerprint density at radius 1 is 0.789 bits per heavy atom. The first-order chi connectivity index (χ1) is 9.26. The van der Waals surface area contributed by atoms with Gasteiger partial charge in [-0.2, -0.15) is 0 Å². The predicted octanol–water partition coefficient (Wildman–Crippen LogP) is 2.22. The fraction of sp³-hybridized carbons (Fsp3) is 1.00. The highest BCUT2D eigenvalue weighted by Gasteiger charge is 2.57. The minimum atomic E-state index is -0.189. The minimum absolute atomic E-state index is 0.0296. The van der Waals surface area contributed by atoms with E-state index in [0.717, 1.165) is 25.7 Å². The van der Waals surface area contributed by atoms with Gasteiger partial charge in [-0.15, -0.1) is 0 Å². The molecule has 1 radical (unpaired) electrons. The van der Waals surface area contributed by atoms with E-state index in [2.05, 4.69) is 0 Å². The predicted molar refractivity (Wildman–Crippen MR) is 71.9 cm³/mol. The first kappa shape index (κ1) is 13.9. The lowest BCUT2D eigenvalue weighted by molar-refractivity contribution is -0.153. The second-order valence-electron chi connectivity index (χ2n) is 6.16. The van der Waals surface area contributed by atoms with Gasteiger partial charge in [0.15, 0.2) is 0 Å². The summed E-state index contributed by atoms with van der Waals surface area (Å²) in [5, 5.41) is 0. The van der Waals surface area contributed by atoms with Gasteiger partial charge in [-0.3, -0.25) is 0 Å². The Bertz CT molecular complexity index is 281. The Balaban J connectivity index is 1.84. The Hall–Kier alpha value is -0.0951. The van der Waals surface area contributed by atoms with Crippen molar-refractivity contribution in [1.82, 2.24) is 0 Å². The molecule has 2 aliphatic carbocycles. The number of hydrogen-bond donors (Lipinski definition) is 0. The largest absolute Gasteiger partial charge is 0.488 e. The first-order valence-electron chi connectivity index (χ1n) is 7.49. The van der Waals surface area contributed by atoms with Crippen LogP contribution < -0.4 is 0 Å². The summed E-state index contributed by atoms with van der Waals surface area (Å²) in [7, 11) is 5.11. The third-order valence-electron chi connectivity index (χ3n) is 5.43. The van der Waals surface area contributed by atoms with Gasteiger partial charge in [0.2, 0.25) is 0 Å². The van der Waals surface area contributed by atoms with E-state index >= 15 is 0 Å². The third kappa shape index (κ3) is 2.15. The molecule has 5 heteroatoms. The van der Waals surface area contributed by atoms with Crippen molar-refractivity contribution in [3.63, 3.8) is 0 Å². The molecular weight excluding hydrogens is 243 g/mol. The molecule has 3 rings (SSSR count). The van der Waals surface area contributed by atoms with Crippen molar-refractivity contribution in [2.75, 3.05) is 14.2 Å². The minimum Gasteiger partial charge on any atom is -0.405 e. The zero-order chi connectivity index (χ0) is 13.3. The van der Waals surface area contributed by atoms with Crippen LogP contribution in [0.1, 0.15) is 51.4 Å². The summed E-state index contributed by atoms with van der Waals surface area (Å²) in [5.74, 6) is 0. The zero-order valence-corrected chi connectivity index (χ0v) is 12.0. The van der Waals surface area contributed by atoms with Crippen molar-refractivity contribution in [2.45, 2.75) is 74.8 Å². The smallest absolute Gasteiger partial charge is 0.405 e. The Morgan fingerprint density at radius 3 is 1.47 bits per heavy atom. The van der Waals surface area contributed by atoms with Crippen molar-refractivity contribution in [3.05, 3.63) is 0 Å². The number of methoxy groups -OCH3 is 2. The molecule has 107 valence electrons. The van der Waals surface area contributed by atoms with Gasteiger partial charge in [0, 0.05) is 14.2 Å². The summed E-state index contributed by atoms with van der Waals surface area (Å²) in [5.41, 5.74) is -0.377. The maximum Gasteiger partial charge on any atom is 0.488 e. The van der Waals surface area contributed by atoms with Gasteiger partial charge in [0.25, 0.3) is 0 Å². The van der Waals surface area contributed by atoms with Crippen LogP contribution in [0.5, 0.6) is 0 Å². The molecular formula is C14H24BO4. The highest BCUT2D eigenvalue weighted by atomic mass is 16.7. The van der Waals surface area contributed by atoms with Crippen LogP contribution in [0, 0.1) is 0 Å². The summed E-state index contributed by atoms with van der Waals surface area (Å²) in [6.07, 6.45) is 9.00. The molecule has 19 heavy (non-hydrogen) atoms. The summed E-state index contributed by atoms with van der Waals surface area (Å²) in [4.78, 5) is 0. The summed E-state index contributed by atoms with van der Waals surface area (Å²) < 4.78 is 23.4. The average molecular weight is 267 g/mol. The zero-order valence-electron chi connectivity index (χ0n) is 12.0. The number of ether oxygens (including phenoxy) is 2. The van der Waals surface area contributed by atoms with Crippen LogP contribution in [0.2, 0.25) is 0 Å². The van der Waals surface area contributed by atoms with E-state index in [1.165, 1.54) is 33.4 Å². The standard InChI is InChI=1S/C14H24BO4/c1-16-13(7-3-4-8-13)11-12(19-15-18-11)14(17-2)9-5-6-10-14/h11-12H,3-10H2,1-2H3/t11-,12-/m0/s1. The monoisotopic (exact) mass is 267 g/mol. The number of hydrogen-bond acceptors (Lipinski definition) is 4. The van der Waals surface area contributed by atoms with Crippen LogP contribution in [0.15, 0.2) is 0 Å². The van der Waals surface area contributed by atoms with E-state index < -0.39 is 0 Å². The Labute approximate surface area is 116 Å². The molecule has 0 spiro atoms. The molecule has 0 aromatic carbocycles. The molecule has 0 aromatic rings. The van der Waals surface area contributed by atoms with Crippen LogP contribution >= 0.6 is 0 Å². The number of rotatable bonds is 4. The van der Waals surface area contributed by atoms with Gasteiger partial charge in [0.1, 0.15) is 0 Å². The van der Waals surface area contributed by atoms with Crippen molar-refractivity contribution >= 4 is 7.69 Å². The Morgan fingerprint density at radius 2 is 1.16 bits per heavy atom. The van der Waals surface area contributed by atoms with Crippen molar-refractivity contribution in [1.29, 1.82) is 0 Å². The lowest BCUT2D eigenvalue weighted by Crippen LogP contribution is -2.56. The summed E-state index contributed by atoms with van der Waals surface area (Å²) >= 11 is 0. The van der Waals surface area contributed by atoms with E-state index in [4.69, 9.17) is 18.8 Å². The highest BCUT2D eigenvalue weighted by molar-refractivity contribution is 6.19. The molecule has 3 aliphatic rings.